The molecule has 0 spiro atoms. The highest BCUT2D eigenvalue weighted by atomic mass is 16.6. The van der Waals surface area contributed by atoms with E-state index in [0.717, 1.165) is 31.7 Å². The number of benzene rings is 2. The zero-order valence-corrected chi connectivity index (χ0v) is 12.9. The summed E-state index contributed by atoms with van der Waals surface area (Å²) in [5, 5.41) is 11.2. The second kappa shape index (κ2) is 7.13. The second-order valence-electron chi connectivity index (χ2n) is 5.82. The molecule has 1 atom stereocenters. The number of hydrogen-bond donors (Lipinski definition) is 0. The summed E-state index contributed by atoms with van der Waals surface area (Å²) in [4.78, 5) is 13.0. The topological polar surface area (TPSA) is 55.6 Å². The number of hydrogen-bond acceptors (Lipinski definition) is 4. The van der Waals surface area contributed by atoms with Crippen LogP contribution in [-0.2, 0) is 0 Å². The molecule has 0 N–H and O–H groups in total. The van der Waals surface area contributed by atoms with Crippen LogP contribution in [0.4, 0.5) is 11.4 Å². The smallest absolute Gasteiger partial charge is 0.292 e. The van der Waals surface area contributed by atoms with Gasteiger partial charge in [-0.1, -0.05) is 30.3 Å². The summed E-state index contributed by atoms with van der Waals surface area (Å²) in [6, 6.07) is 16.7. The van der Waals surface area contributed by atoms with Crippen molar-refractivity contribution in [2.75, 3.05) is 24.6 Å². The highest BCUT2D eigenvalue weighted by molar-refractivity contribution is 5.63. The summed E-state index contributed by atoms with van der Waals surface area (Å²) in [7, 11) is 0. The molecule has 0 amide bonds. The fraction of sp³-hybridized carbons (Fsp3) is 0.333. The van der Waals surface area contributed by atoms with E-state index in [1.54, 1.807) is 12.1 Å². The van der Waals surface area contributed by atoms with E-state index in [9.17, 15) is 10.1 Å². The van der Waals surface area contributed by atoms with Gasteiger partial charge >= 0.3 is 0 Å². The molecule has 1 aliphatic heterocycles. The third-order valence-corrected chi connectivity index (χ3v) is 4.17. The maximum atomic E-state index is 11.2. The lowest BCUT2D eigenvalue weighted by atomic mass is 9.98. The fourth-order valence-electron chi connectivity index (χ4n) is 3.04. The average molecular weight is 312 g/mol. The third-order valence-electron chi connectivity index (χ3n) is 4.17. The van der Waals surface area contributed by atoms with Crippen molar-refractivity contribution < 1.29 is 9.66 Å². The Labute approximate surface area is 135 Å². The number of ether oxygens (including phenoxy) is 1. The predicted octanol–water partition coefficient (Wildman–Crippen LogP) is 3.89. The average Bonchev–Trinajstić information content (AvgIpc) is 2.61. The van der Waals surface area contributed by atoms with Crippen molar-refractivity contribution in [3.8, 4) is 5.75 Å². The molecule has 2 aromatic carbocycles. The lowest BCUT2D eigenvalue weighted by Gasteiger charge is -2.33. The molecule has 2 aromatic rings. The van der Waals surface area contributed by atoms with Gasteiger partial charge in [-0.3, -0.25) is 10.1 Å². The predicted molar refractivity (Wildman–Crippen MR) is 90.0 cm³/mol. The number of para-hydroxylation sites is 3. The van der Waals surface area contributed by atoms with Crippen molar-refractivity contribution in [2.24, 2.45) is 5.92 Å². The van der Waals surface area contributed by atoms with Crippen molar-refractivity contribution in [3.05, 3.63) is 64.7 Å². The van der Waals surface area contributed by atoms with Gasteiger partial charge in [-0.25, -0.2) is 0 Å². The van der Waals surface area contributed by atoms with Gasteiger partial charge in [-0.2, -0.15) is 0 Å². The first-order valence-electron chi connectivity index (χ1n) is 7.90. The molecule has 3 rings (SSSR count). The molecule has 1 fully saturated rings. The van der Waals surface area contributed by atoms with Gasteiger partial charge < -0.3 is 9.64 Å². The quantitative estimate of drug-likeness (QED) is 0.621. The molecule has 120 valence electrons. The number of anilines is 1. The highest BCUT2D eigenvalue weighted by Crippen LogP contribution is 2.31. The second-order valence-corrected chi connectivity index (χ2v) is 5.82. The fourth-order valence-corrected chi connectivity index (χ4v) is 3.04. The molecule has 1 aliphatic rings. The van der Waals surface area contributed by atoms with Gasteiger partial charge in [0.25, 0.3) is 5.69 Å². The molecular weight excluding hydrogens is 292 g/mol. The first kappa shape index (κ1) is 15.3. The number of rotatable bonds is 5. The Morgan fingerprint density at radius 3 is 2.65 bits per heavy atom. The van der Waals surface area contributed by atoms with Crippen LogP contribution in [0.2, 0.25) is 0 Å². The number of nitro groups is 1. The molecule has 0 aliphatic carbocycles. The van der Waals surface area contributed by atoms with Crippen LogP contribution >= 0.6 is 0 Å². The van der Waals surface area contributed by atoms with Crippen LogP contribution in [0.25, 0.3) is 0 Å². The third kappa shape index (κ3) is 3.80. The van der Waals surface area contributed by atoms with E-state index in [4.69, 9.17) is 4.74 Å². The SMILES string of the molecule is O=[N+]([O-])c1ccccc1N1CCCC(COc2ccccc2)C1. The number of nitro benzene ring substituents is 1. The summed E-state index contributed by atoms with van der Waals surface area (Å²) in [5.74, 6) is 1.25. The molecule has 5 nitrogen and oxygen atoms in total. The van der Waals surface area contributed by atoms with Gasteiger partial charge in [0.2, 0.25) is 0 Å². The van der Waals surface area contributed by atoms with Crippen LogP contribution in [-0.4, -0.2) is 24.6 Å². The Kier molecular flexibility index (Phi) is 4.76. The van der Waals surface area contributed by atoms with Gasteiger partial charge in [0, 0.05) is 25.1 Å². The summed E-state index contributed by atoms with van der Waals surface area (Å²) in [6.45, 7) is 2.28. The number of piperidine rings is 1. The number of nitrogens with zero attached hydrogens (tertiary/aromatic N) is 2. The summed E-state index contributed by atoms with van der Waals surface area (Å²) < 4.78 is 5.85. The first-order chi connectivity index (χ1) is 11.2. The van der Waals surface area contributed by atoms with E-state index >= 15 is 0 Å². The zero-order valence-electron chi connectivity index (χ0n) is 12.9. The maximum absolute atomic E-state index is 11.2. The normalized spacial score (nSPS) is 17.7. The molecule has 0 bridgehead atoms. The maximum Gasteiger partial charge on any atom is 0.292 e. The molecule has 1 saturated heterocycles. The van der Waals surface area contributed by atoms with Crippen LogP contribution in [0.5, 0.6) is 5.75 Å². The molecular formula is C18H20N2O3. The lowest BCUT2D eigenvalue weighted by molar-refractivity contribution is -0.384. The van der Waals surface area contributed by atoms with Crippen LogP contribution in [0.1, 0.15) is 12.8 Å². The van der Waals surface area contributed by atoms with E-state index in [1.165, 1.54) is 0 Å². The summed E-state index contributed by atoms with van der Waals surface area (Å²) in [6.07, 6.45) is 2.11. The minimum absolute atomic E-state index is 0.178. The largest absolute Gasteiger partial charge is 0.493 e. The molecule has 0 radical (unpaired) electrons. The Bertz CT molecular complexity index is 660. The van der Waals surface area contributed by atoms with Gasteiger partial charge in [-0.15, -0.1) is 0 Å². The van der Waals surface area contributed by atoms with Gasteiger partial charge in [0.05, 0.1) is 11.5 Å². The zero-order chi connectivity index (χ0) is 16.1. The standard InChI is InChI=1S/C18H20N2O3/c21-20(22)18-11-5-4-10-17(18)19-12-6-7-15(13-19)14-23-16-8-2-1-3-9-16/h1-5,8-11,15H,6-7,12-14H2. The molecule has 5 heteroatoms. The highest BCUT2D eigenvalue weighted by Gasteiger charge is 2.25. The monoisotopic (exact) mass is 312 g/mol. The van der Waals surface area contributed by atoms with Crippen LogP contribution in [0, 0.1) is 16.0 Å². The van der Waals surface area contributed by atoms with E-state index in [2.05, 4.69) is 4.90 Å². The van der Waals surface area contributed by atoms with Crippen molar-refractivity contribution >= 4 is 11.4 Å². The Morgan fingerprint density at radius 2 is 1.87 bits per heavy atom. The lowest BCUT2D eigenvalue weighted by Crippen LogP contribution is -2.38. The van der Waals surface area contributed by atoms with E-state index in [1.807, 2.05) is 42.5 Å². The minimum Gasteiger partial charge on any atom is -0.493 e. The van der Waals surface area contributed by atoms with Crippen molar-refractivity contribution in [3.63, 3.8) is 0 Å². The summed E-state index contributed by atoms with van der Waals surface area (Å²) >= 11 is 0. The van der Waals surface area contributed by atoms with Gasteiger partial charge in [0.1, 0.15) is 11.4 Å². The molecule has 0 saturated carbocycles. The molecule has 0 aromatic heterocycles. The van der Waals surface area contributed by atoms with Crippen LogP contribution < -0.4 is 9.64 Å². The molecule has 23 heavy (non-hydrogen) atoms. The van der Waals surface area contributed by atoms with E-state index < -0.39 is 0 Å². The Hall–Kier alpha value is -2.56. The van der Waals surface area contributed by atoms with Crippen LogP contribution in [0.15, 0.2) is 54.6 Å². The van der Waals surface area contributed by atoms with E-state index in [-0.39, 0.29) is 10.6 Å². The van der Waals surface area contributed by atoms with Crippen molar-refractivity contribution in [1.82, 2.24) is 0 Å². The van der Waals surface area contributed by atoms with Crippen LogP contribution in [0.3, 0.4) is 0 Å². The molecule has 1 unspecified atom stereocenters. The van der Waals surface area contributed by atoms with Gasteiger partial charge in [0.15, 0.2) is 0 Å². The minimum atomic E-state index is -0.306. The van der Waals surface area contributed by atoms with Gasteiger partial charge in [-0.05, 0) is 31.0 Å². The van der Waals surface area contributed by atoms with Crippen molar-refractivity contribution in [2.45, 2.75) is 12.8 Å². The van der Waals surface area contributed by atoms with E-state index in [0.29, 0.717) is 18.2 Å². The molecule has 1 heterocycles. The first-order valence-corrected chi connectivity index (χ1v) is 7.90. The van der Waals surface area contributed by atoms with Crippen molar-refractivity contribution in [1.29, 1.82) is 0 Å². The Morgan fingerprint density at radius 1 is 1.13 bits per heavy atom. The Balaban J connectivity index is 1.65. The summed E-state index contributed by atoms with van der Waals surface area (Å²) in [5.41, 5.74) is 0.888.